The van der Waals surface area contributed by atoms with Crippen molar-refractivity contribution in [2.45, 2.75) is 26.8 Å². The highest BCUT2D eigenvalue weighted by Gasteiger charge is 2.11. The molecule has 0 bridgehead atoms. The Balaban J connectivity index is 1.90. The SMILES string of the molecule is Cc1ccc(NC(=O)CNC(C)c2ccccc2F)cc1C. The van der Waals surface area contributed by atoms with Crippen LogP contribution < -0.4 is 10.6 Å². The lowest BCUT2D eigenvalue weighted by atomic mass is 10.1. The Morgan fingerprint density at radius 2 is 1.86 bits per heavy atom. The highest BCUT2D eigenvalue weighted by Crippen LogP contribution is 2.16. The van der Waals surface area contributed by atoms with Crippen molar-refractivity contribution >= 4 is 11.6 Å². The van der Waals surface area contributed by atoms with Crippen molar-refractivity contribution in [2.75, 3.05) is 11.9 Å². The molecule has 1 amide bonds. The first-order chi connectivity index (χ1) is 10.5. The van der Waals surface area contributed by atoms with E-state index in [2.05, 4.69) is 10.6 Å². The molecule has 4 heteroatoms. The van der Waals surface area contributed by atoms with Crippen LogP contribution in [0.4, 0.5) is 10.1 Å². The van der Waals surface area contributed by atoms with Gasteiger partial charge >= 0.3 is 0 Å². The molecule has 116 valence electrons. The van der Waals surface area contributed by atoms with Gasteiger partial charge in [0.25, 0.3) is 0 Å². The van der Waals surface area contributed by atoms with E-state index in [0.717, 1.165) is 11.3 Å². The van der Waals surface area contributed by atoms with Gasteiger partial charge in [-0.05, 0) is 50.1 Å². The molecule has 0 radical (unpaired) electrons. The van der Waals surface area contributed by atoms with Gasteiger partial charge in [-0.2, -0.15) is 0 Å². The van der Waals surface area contributed by atoms with Crippen LogP contribution in [0.15, 0.2) is 42.5 Å². The number of carbonyl (C=O) groups is 1. The van der Waals surface area contributed by atoms with Gasteiger partial charge in [-0.15, -0.1) is 0 Å². The van der Waals surface area contributed by atoms with E-state index in [0.29, 0.717) is 5.56 Å². The topological polar surface area (TPSA) is 41.1 Å². The van der Waals surface area contributed by atoms with E-state index in [1.165, 1.54) is 11.6 Å². The van der Waals surface area contributed by atoms with E-state index in [-0.39, 0.29) is 24.3 Å². The quantitative estimate of drug-likeness (QED) is 0.883. The zero-order chi connectivity index (χ0) is 16.1. The molecule has 1 unspecified atom stereocenters. The van der Waals surface area contributed by atoms with Gasteiger partial charge in [-0.1, -0.05) is 24.3 Å². The molecule has 0 fully saturated rings. The molecule has 3 nitrogen and oxygen atoms in total. The second kappa shape index (κ2) is 7.18. The lowest BCUT2D eigenvalue weighted by molar-refractivity contribution is -0.115. The third-order valence-electron chi connectivity index (χ3n) is 3.73. The van der Waals surface area contributed by atoms with E-state index in [4.69, 9.17) is 0 Å². The van der Waals surface area contributed by atoms with Gasteiger partial charge in [0, 0.05) is 17.3 Å². The average Bonchev–Trinajstić information content (AvgIpc) is 2.49. The maximum Gasteiger partial charge on any atom is 0.238 e. The average molecular weight is 300 g/mol. The zero-order valence-corrected chi connectivity index (χ0v) is 13.1. The molecular weight excluding hydrogens is 279 g/mol. The summed E-state index contributed by atoms with van der Waals surface area (Å²) in [6.07, 6.45) is 0. The van der Waals surface area contributed by atoms with Gasteiger partial charge in [0.05, 0.1) is 6.54 Å². The Labute approximate surface area is 130 Å². The summed E-state index contributed by atoms with van der Waals surface area (Å²) in [7, 11) is 0. The number of nitrogens with one attached hydrogen (secondary N) is 2. The smallest absolute Gasteiger partial charge is 0.238 e. The van der Waals surface area contributed by atoms with Crippen LogP contribution in [0, 0.1) is 19.7 Å². The predicted octanol–water partition coefficient (Wildman–Crippen LogP) is 3.73. The summed E-state index contributed by atoms with van der Waals surface area (Å²) in [5, 5.41) is 5.87. The number of hydrogen-bond acceptors (Lipinski definition) is 2. The normalized spacial score (nSPS) is 12.0. The first-order valence-corrected chi connectivity index (χ1v) is 7.32. The molecular formula is C18H21FN2O. The minimum Gasteiger partial charge on any atom is -0.325 e. The largest absolute Gasteiger partial charge is 0.325 e. The molecule has 0 saturated carbocycles. The van der Waals surface area contributed by atoms with Crippen LogP contribution in [0.25, 0.3) is 0 Å². The maximum atomic E-state index is 13.7. The second-order valence-electron chi connectivity index (χ2n) is 5.47. The molecule has 0 aliphatic carbocycles. The van der Waals surface area contributed by atoms with Crippen LogP contribution in [0.3, 0.4) is 0 Å². The molecule has 2 rings (SSSR count). The lowest BCUT2D eigenvalue weighted by Crippen LogP contribution is -2.30. The summed E-state index contributed by atoms with van der Waals surface area (Å²) < 4.78 is 13.7. The first-order valence-electron chi connectivity index (χ1n) is 7.32. The third kappa shape index (κ3) is 4.15. The summed E-state index contributed by atoms with van der Waals surface area (Å²) >= 11 is 0. The molecule has 0 aliphatic rings. The number of anilines is 1. The highest BCUT2D eigenvalue weighted by atomic mass is 19.1. The Morgan fingerprint density at radius 1 is 1.14 bits per heavy atom. The summed E-state index contributed by atoms with van der Waals surface area (Å²) in [5.74, 6) is -0.413. The molecule has 0 aromatic heterocycles. The summed E-state index contributed by atoms with van der Waals surface area (Å²) in [4.78, 5) is 12.0. The van der Waals surface area contributed by atoms with Gasteiger partial charge in [0.15, 0.2) is 0 Å². The number of carbonyl (C=O) groups excluding carboxylic acids is 1. The molecule has 0 aliphatic heterocycles. The molecule has 0 saturated heterocycles. The molecule has 0 spiro atoms. The van der Waals surface area contributed by atoms with Crippen molar-refractivity contribution in [1.82, 2.24) is 5.32 Å². The zero-order valence-electron chi connectivity index (χ0n) is 13.1. The van der Waals surface area contributed by atoms with Gasteiger partial charge in [-0.25, -0.2) is 4.39 Å². The van der Waals surface area contributed by atoms with Crippen molar-refractivity contribution < 1.29 is 9.18 Å². The minimum atomic E-state index is -0.267. The fourth-order valence-electron chi connectivity index (χ4n) is 2.21. The summed E-state index contributed by atoms with van der Waals surface area (Å²) in [6, 6.07) is 12.1. The Bertz CT molecular complexity index is 670. The van der Waals surface area contributed by atoms with Gasteiger partial charge in [0.1, 0.15) is 5.82 Å². The highest BCUT2D eigenvalue weighted by molar-refractivity contribution is 5.92. The van der Waals surface area contributed by atoms with Crippen LogP contribution in [0.1, 0.15) is 29.7 Å². The fourth-order valence-corrected chi connectivity index (χ4v) is 2.21. The van der Waals surface area contributed by atoms with E-state index in [9.17, 15) is 9.18 Å². The maximum absolute atomic E-state index is 13.7. The summed E-state index contributed by atoms with van der Waals surface area (Å²) in [6.45, 7) is 5.99. The third-order valence-corrected chi connectivity index (χ3v) is 3.73. The molecule has 2 aromatic carbocycles. The Hall–Kier alpha value is -2.20. The van der Waals surface area contributed by atoms with Crippen molar-refractivity contribution in [2.24, 2.45) is 0 Å². The van der Waals surface area contributed by atoms with Crippen LogP contribution in [-0.4, -0.2) is 12.5 Å². The van der Waals surface area contributed by atoms with Crippen LogP contribution in [0.5, 0.6) is 0 Å². The van der Waals surface area contributed by atoms with Gasteiger partial charge in [0.2, 0.25) is 5.91 Å². The Morgan fingerprint density at radius 3 is 2.55 bits per heavy atom. The molecule has 22 heavy (non-hydrogen) atoms. The summed E-state index contributed by atoms with van der Waals surface area (Å²) in [5.41, 5.74) is 3.64. The standard InChI is InChI=1S/C18H21FN2O/c1-12-8-9-15(10-13(12)2)21-18(22)11-20-14(3)16-6-4-5-7-17(16)19/h4-10,14,20H,11H2,1-3H3,(H,21,22). The Kier molecular flexibility index (Phi) is 5.28. The van der Waals surface area contributed by atoms with E-state index < -0.39 is 0 Å². The molecule has 2 N–H and O–H groups in total. The van der Waals surface area contributed by atoms with Crippen LogP contribution >= 0.6 is 0 Å². The van der Waals surface area contributed by atoms with Crippen molar-refractivity contribution in [1.29, 1.82) is 0 Å². The minimum absolute atomic E-state index is 0.127. The molecule has 0 heterocycles. The van der Waals surface area contributed by atoms with Crippen molar-refractivity contribution in [3.05, 3.63) is 65.0 Å². The number of benzene rings is 2. The number of aryl methyl sites for hydroxylation is 2. The first kappa shape index (κ1) is 16.2. The number of amides is 1. The molecule has 1 atom stereocenters. The predicted molar refractivity (Wildman–Crippen MR) is 87.4 cm³/mol. The number of hydrogen-bond donors (Lipinski definition) is 2. The monoisotopic (exact) mass is 300 g/mol. The van der Waals surface area contributed by atoms with Crippen LogP contribution in [-0.2, 0) is 4.79 Å². The van der Waals surface area contributed by atoms with E-state index >= 15 is 0 Å². The van der Waals surface area contributed by atoms with Crippen molar-refractivity contribution in [3.63, 3.8) is 0 Å². The molecule has 2 aromatic rings. The second-order valence-corrected chi connectivity index (χ2v) is 5.47. The fraction of sp³-hybridized carbons (Fsp3) is 0.278. The van der Waals surface area contributed by atoms with Gasteiger partial charge in [-0.3, -0.25) is 4.79 Å². The van der Waals surface area contributed by atoms with Crippen LogP contribution in [0.2, 0.25) is 0 Å². The van der Waals surface area contributed by atoms with Crippen molar-refractivity contribution in [3.8, 4) is 0 Å². The van der Waals surface area contributed by atoms with E-state index in [1.807, 2.05) is 39.0 Å². The van der Waals surface area contributed by atoms with Gasteiger partial charge < -0.3 is 10.6 Å². The lowest BCUT2D eigenvalue weighted by Gasteiger charge is -2.15. The number of rotatable bonds is 5. The van der Waals surface area contributed by atoms with E-state index in [1.54, 1.807) is 18.2 Å². The number of halogens is 1.